The maximum Gasteiger partial charge on any atom is 0.254 e. The van der Waals surface area contributed by atoms with E-state index >= 15 is 0 Å². The van der Waals surface area contributed by atoms with Crippen LogP contribution in [-0.4, -0.2) is 32.3 Å². The zero-order valence-electron chi connectivity index (χ0n) is 15.3. The monoisotopic (exact) mass is 374 g/mol. The van der Waals surface area contributed by atoms with Crippen molar-refractivity contribution in [1.82, 2.24) is 9.62 Å². The van der Waals surface area contributed by atoms with Gasteiger partial charge in [0, 0.05) is 25.2 Å². The molecule has 1 N–H and O–H groups in total. The summed E-state index contributed by atoms with van der Waals surface area (Å²) in [7, 11) is -3.60. The van der Waals surface area contributed by atoms with E-state index in [0.29, 0.717) is 25.2 Å². The van der Waals surface area contributed by atoms with Crippen LogP contribution in [0.15, 0.2) is 59.5 Å². The minimum atomic E-state index is -3.60. The van der Waals surface area contributed by atoms with Gasteiger partial charge in [-0.25, -0.2) is 13.1 Å². The van der Waals surface area contributed by atoms with Crippen molar-refractivity contribution in [3.8, 4) is 0 Å². The number of benzene rings is 2. The molecule has 0 aliphatic carbocycles. The summed E-state index contributed by atoms with van der Waals surface area (Å²) in [6.07, 6.45) is 1.69. The Morgan fingerprint density at radius 2 is 1.77 bits per heavy atom. The van der Waals surface area contributed by atoms with Crippen LogP contribution in [0.2, 0.25) is 0 Å². The first kappa shape index (κ1) is 20.1. The summed E-state index contributed by atoms with van der Waals surface area (Å²) in [6, 6.07) is 16.0. The summed E-state index contributed by atoms with van der Waals surface area (Å²) in [6.45, 7) is 5.33. The van der Waals surface area contributed by atoms with Crippen molar-refractivity contribution in [3.05, 3.63) is 65.7 Å². The van der Waals surface area contributed by atoms with Gasteiger partial charge in [-0.1, -0.05) is 49.7 Å². The predicted octanol–water partition coefficient (Wildman–Crippen LogP) is 3.43. The third kappa shape index (κ3) is 5.41. The number of nitrogens with zero attached hydrogens (tertiary/aromatic N) is 1. The number of unbranched alkanes of at least 4 members (excludes halogenated alkanes) is 1. The highest BCUT2D eigenvalue weighted by atomic mass is 32.2. The van der Waals surface area contributed by atoms with Gasteiger partial charge in [-0.3, -0.25) is 4.79 Å². The normalized spacial score (nSPS) is 11.3. The SMILES string of the molecule is CCCCNS(=O)(=O)c1cccc(C(=O)N(CC)Cc2ccccc2)c1. The van der Waals surface area contributed by atoms with E-state index in [4.69, 9.17) is 0 Å². The second kappa shape index (κ2) is 9.50. The lowest BCUT2D eigenvalue weighted by atomic mass is 10.1. The number of amides is 1. The molecule has 0 saturated heterocycles. The van der Waals surface area contributed by atoms with Crippen molar-refractivity contribution in [2.45, 2.75) is 38.1 Å². The van der Waals surface area contributed by atoms with Crippen molar-refractivity contribution >= 4 is 15.9 Å². The summed E-state index contributed by atoms with van der Waals surface area (Å²) in [5, 5.41) is 0. The molecule has 5 nitrogen and oxygen atoms in total. The van der Waals surface area contributed by atoms with Gasteiger partial charge in [0.25, 0.3) is 5.91 Å². The molecular weight excluding hydrogens is 348 g/mol. The lowest BCUT2D eigenvalue weighted by molar-refractivity contribution is 0.0752. The second-order valence-electron chi connectivity index (χ2n) is 6.08. The van der Waals surface area contributed by atoms with E-state index in [9.17, 15) is 13.2 Å². The van der Waals surface area contributed by atoms with Crippen LogP contribution in [0.4, 0.5) is 0 Å². The van der Waals surface area contributed by atoms with Crippen LogP contribution in [-0.2, 0) is 16.6 Å². The molecule has 6 heteroatoms. The predicted molar refractivity (Wildman–Crippen MR) is 103 cm³/mol. The Morgan fingerprint density at radius 1 is 1.04 bits per heavy atom. The van der Waals surface area contributed by atoms with Crippen molar-refractivity contribution < 1.29 is 13.2 Å². The van der Waals surface area contributed by atoms with E-state index in [1.54, 1.807) is 17.0 Å². The maximum atomic E-state index is 12.8. The Morgan fingerprint density at radius 3 is 2.42 bits per heavy atom. The molecule has 2 rings (SSSR count). The highest BCUT2D eigenvalue weighted by Gasteiger charge is 2.19. The number of sulfonamides is 1. The zero-order valence-corrected chi connectivity index (χ0v) is 16.1. The first-order chi connectivity index (χ1) is 12.5. The molecule has 0 fully saturated rings. The van der Waals surface area contributed by atoms with Gasteiger partial charge in [0.1, 0.15) is 0 Å². The van der Waals surface area contributed by atoms with Gasteiger partial charge in [0.05, 0.1) is 4.90 Å². The third-order valence-corrected chi connectivity index (χ3v) is 5.56. The van der Waals surface area contributed by atoms with E-state index in [1.807, 2.05) is 44.2 Å². The maximum absolute atomic E-state index is 12.8. The Balaban J connectivity index is 2.18. The molecule has 0 radical (unpaired) electrons. The van der Waals surface area contributed by atoms with Crippen LogP contribution in [0.25, 0.3) is 0 Å². The molecule has 2 aromatic rings. The number of hydrogen-bond acceptors (Lipinski definition) is 3. The minimum absolute atomic E-state index is 0.121. The van der Waals surface area contributed by atoms with Gasteiger partial charge >= 0.3 is 0 Å². The summed E-state index contributed by atoms with van der Waals surface area (Å²) in [4.78, 5) is 14.7. The fourth-order valence-corrected chi connectivity index (χ4v) is 3.70. The lowest BCUT2D eigenvalue weighted by Gasteiger charge is -2.21. The summed E-state index contributed by atoms with van der Waals surface area (Å²) >= 11 is 0. The molecular formula is C20H26N2O3S. The highest BCUT2D eigenvalue weighted by molar-refractivity contribution is 7.89. The van der Waals surface area contributed by atoms with Gasteiger partial charge in [-0.05, 0) is 37.1 Å². The van der Waals surface area contributed by atoms with Crippen molar-refractivity contribution in [1.29, 1.82) is 0 Å². The van der Waals surface area contributed by atoms with Crippen LogP contribution in [0.5, 0.6) is 0 Å². The third-order valence-electron chi connectivity index (χ3n) is 4.10. The van der Waals surface area contributed by atoms with Crippen LogP contribution in [0.1, 0.15) is 42.6 Å². The molecule has 1 amide bonds. The first-order valence-corrected chi connectivity index (χ1v) is 10.4. The summed E-state index contributed by atoms with van der Waals surface area (Å²) in [5.74, 6) is -0.179. The number of carbonyl (C=O) groups excluding carboxylic acids is 1. The first-order valence-electron chi connectivity index (χ1n) is 8.91. The van der Waals surface area contributed by atoms with E-state index in [0.717, 1.165) is 18.4 Å². The Labute approximate surface area is 156 Å². The van der Waals surface area contributed by atoms with Crippen molar-refractivity contribution in [3.63, 3.8) is 0 Å². The van der Waals surface area contributed by atoms with Gasteiger partial charge in [0.2, 0.25) is 10.0 Å². The minimum Gasteiger partial charge on any atom is -0.335 e. The lowest BCUT2D eigenvalue weighted by Crippen LogP contribution is -2.30. The van der Waals surface area contributed by atoms with E-state index in [1.165, 1.54) is 12.1 Å². The van der Waals surface area contributed by atoms with Gasteiger partial charge in [-0.2, -0.15) is 0 Å². The Hall–Kier alpha value is -2.18. The van der Waals surface area contributed by atoms with Crippen molar-refractivity contribution in [2.24, 2.45) is 0 Å². The topological polar surface area (TPSA) is 66.5 Å². The molecule has 0 aliphatic rings. The van der Waals surface area contributed by atoms with Crippen LogP contribution in [0, 0.1) is 0 Å². The Kier molecular flexibility index (Phi) is 7.36. The van der Waals surface area contributed by atoms with Crippen LogP contribution in [0.3, 0.4) is 0 Å². The molecule has 0 atom stereocenters. The smallest absolute Gasteiger partial charge is 0.254 e. The van der Waals surface area contributed by atoms with E-state index in [-0.39, 0.29) is 10.8 Å². The fraction of sp³-hybridized carbons (Fsp3) is 0.350. The highest BCUT2D eigenvalue weighted by Crippen LogP contribution is 2.15. The standard InChI is InChI=1S/C20H26N2O3S/c1-3-5-14-21-26(24,25)19-13-9-12-18(15-19)20(23)22(4-2)16-17-10-7-6-8-11-17/h6-13,15,21H,3-5,14,16H2,1-2H3. The molecule has 0 saturated carbocycles. The summed E-state index contributed by atoms with van der Waals surface area (Å²) < 4.78 is 27.3. The Bertz CT molecular complexity index is 820. The largest absolute Gasteiger partial charge is 0.335 e. The molecule has 140 valence electrons. The number of carbonyl (C=O) groups is 1. The van der Waals surface area contributed by atoms with E-state index < -0.39 is 10.0 Å². The fourth-order valence-electron chi connectivity index (χ4n) is 2.58. The number of rotatable bonds is 9. The molecule has 0 spiro atoms. The summed E-state index contributed by atoms with van der Waals surface area (Å²) in [5.41, 5.74) is 1.41. The van der Waals surface area contributed by atoms with E-state index in [2.05, 4.69) is 4.72 Å². The molecule has 0 heterocycles. The molecule has 26 heavy (non-hydrogen) atoms. The molecule has 0 aliphatic heterocycles. The molecule has 2 aromatic carbocycles. The van der Waals surface area contributed by atoms with Crippen LogP contribution >= 0.6 is 0 Å². The van der Waals surface area contributed by atoms with Gasteiger partial charge in [0.15, 0.2) is 0 Å². The quantitative estimate of drug-likeness (QED) is 0.684. The van der Waals surface area contributed by atoms with Gasteiger partial charge in [-0.15, -0.1) is 0 Å². The average molecular weight is 375 g/mol. The number of nitrogens with one attached hydrogen (secondary N) is 1. The number of hydrogen-bond donors (Lipinski definition) is 1. The van der Waals surface area contributed by atoms with Crippen LogP contribution < -0.4 is 4.72 Å². The van der Waals surface area contributed by atoms with Crippen molar-refractivity contribution in [2.75, 3.05) is 13.1 Å². The van der Waals surface area contributed by atoms with Gasteiger partial charge < -0.3 is 4.90 Å². The zero-order chi connectivity index (χ0) is 19.0. The second-order valence-corrected chi connectivity index (χ2v) is 7.85. The average Bonchev–Trinajstić information content (AvgIpc) is 2.66. The molecule has 0 bridgehead atoms. The molecule has 0 unspecified atom stereocenters. The molecule has 0 aromatic heterocycles.